The summed E-state index contributed by atoms with van der Waals surface area (Å²) < 4.78 is 25.5. The number of hydrogen-bond donors (Lipinski definition) is 0. The summed E-state index contributed by atoms with van der Waals surface area (Å²) in [5.74, 6) is 0.0220. The number of halogens is 2. The SMILES string of the molecule is O=C(OCc1ccccc1)N1CC=C2C(CC1)c1c(Cl)c(F)cc3c1N2CCO3. The van der Waals surface area contributed by atoms with Gasteiger partial charge in [0.25, 0.3) is 0 Å². The summed E-state index contributed by atoms with van der Waals surface area (Å²) in [6, 6.07) is 11.0. The number of hydrogen-bond acceptors (Lipinski definition) is 4. The lowest BCUT2D eigenvalue weighted by Gasteiger charge is -2.29. The van der Waals surface area contributed by atoms with Gasteiger partial charge in [0.2, 0.25) is 0 Å². The molecule has 2 aromatic rings. The average molecular weight is 415 g/mol. The zero-order chi connectivity index (χ0) is 20.0. The molecule has 5 rings (SSSR count). The van der Waals surface area contributed by atoms with E-state index < -0.39 is 5.82 Å². The molecule has 0 bridgehead atoms. The number of fused-ring (bicyclic) bond motifs is 3. The van der Waals surface area contributed by atoms with E-state index in [0.717, 1.165) is 22.5 Å². The van der Waals surface area contributed by atoms with Crippen LogP contribution in [0.1, 0.15) is 23.5 Å². The van der Waals surface area contributed by atoms with Gasteiger partial charge in [0.15, 0.2) is 0 Å². The smallest absolute Gasteiger partial charge is 0.410 e. The molecule has 1 amide bonds. The third kappa shape index (κ3) is 3.12. The van der Waals surface area contributed by atoms with E-state index in [-0.39, 0.29) is 23.6 Å². The molecule has 0 radical (unpaired) electrons. The van der Waals surface area contributed by atoms with Gasteiger partial charge in [0, 0.05) is 36.3 Å². The maximum absolute atomic E-state index is 14.4. The first kappa shape index (κ1) is 18.3. The predicted octanol–water partition coefficient (Wildman–Crippen LogP) is 4.70. The van der Waals surface area contributed by atoms with E-state index in [0.29, 0.717) is 38.4 Å². The molecule has 3 aliphatic heterocycles. The van der Waals surface area contributed by atoms with Crippen LogP contribution < -0.4 is 9.64 Å². The Bertz CT molecular complexity index is 995. The summed E-state index contributed by atoms with van der Waals surface area (Å²) >= 11 is 6.36. The van der Waals surface area contributed by atoms with Gasteiger partial charge in [-0.1, -0.05) is 41.9 Å². The van der Waals surface area contributed by atoms with Crippen LogP contribution in [0, 0.1) is 5.82 Å². The molecule has 7 heteroatoms. The fourth-order valence-corrected chi connectivity index (χ4v) is 4.65. The topological polar surface area (TPSA) is 42.0 Å². The molecule has 0 saturated carbocycles. The first-order valence-electron chi connectivity index (χ1n) is 9.71. The highest BCUT2D eigenvalue weighted by atomic mass is 35.5. The van der Waals surface area contributed by atoms with Crippen molar-refractivity contribution in [2.75, 3.05) is 31.1 Å². The number of benzene rings is 2. The molecule has 1 atom stereocenters. The quantitative estimate of drug-likeness (QED) is 0.714. The maximum atomic E-state index is 14.4. The van der Waals surface area contributed by atoms with Crippen LogP contribution in [0.3, 0.4) is 0 Å². The Morgan fingerprint density at radius 3 is 2.93 bits per heavy atom. The van der Waals surface area contributed by atoms with Crippen LogP contribution >= 0.6 is 11.6 Å². The molecule has 3 aliphatic rings. The molecule has 0 N–H and O–H groups in total. The van der Waals surface area contributed by atoms with E-state index in [1.54, 1.807) is 4.90 Å². The van der Waals surface area contributed by atoms with Gasteiger partial charge in [-0.25, -0.2) is 9.18 Å². The van der Waals surface area contributed by atoms with E-state index in [4.69, 9.17) is 21.1 Å². The average Bonchev–Trinajstić information content (AvgIpc) is 2.90. The van der Waals surface area contributed by atoms with Crippen LogP contribution in [0.4, 0.5) is 14.9 Å². The van der Waals surface area contributed by atoms with Gasteiger partial charge < -0.3 is 19.3 Å². The van der Waals surface area contributed by atoms with Crippen LogP contribution in [0.25, 0.3) is 0 Å². The Morgan fingerprint density at radius 1 is 1.28 bits per heavy atom. The number of anilines is 1. The number of amides is 1. The van der Waals surface area contributed by atoms with Crippen molar-refractivity contribution >= 4 is 23.4 Å². The zero-order valence-electron chi connectivity index (χ0n) is 15.7. The van der Waals surface area contributed by atoms with E-state index in [1.807, 2.05) is 36.4 Å². The second kappa shape index (κ2) is 7.26. The van der Waals surface area contributed by atoms with Crippen molar-refractivity contribution in [3.63, 3.8) is 0 Å². The highest BCUT2D eigenvalue weighted by molar-refractivity contribution is 6.32. The summed E-state index contributed by atoms with van der Waals surface area (Å²) in [6.45, 7) is 2.36. The Morgan fingerprint density at radius 2 is 2.10 bits per heavy atom. The molecule has 0 aromatic heterocycles. The maximum Gasteiger partial charge on any atom is 0.410 e. The monoisotopic (exact) mass is 414 g/mol. The minimum atomic E-state index is -0.466. The van der Waals surface area contributed by atoms with E-state index in [1.165, 1.54) is 6.07 Å². The predicted molar refractivity (Wildman–Crippen MR) is 108 cm³/mol. The summed E-state index contributed by atoms with van der Waals surface area (Å²) in [6.07, 6.45) is 2.34. The van der Waals surface area contributed by atoms with Gasteiger partial charge in [-0.3, -0.25) is 0 Å². The van der Waals surface area contributed by atoms with Crippen LogP contribution in [0.5, 0.6) is 5.75 Å². The van der Waals surface area contributed by atoms with Gasteiger partial charge in [-0.05, 0) is 18.1 Å². The van der Waals surface area contributed by atoms with Gasteiger partial charge in [0.1, 0.15) is 24.8 Å². The first-order valence-corrected chi connectivity index (χ1v) is 10.1. The van der Waals surface area contributed by atoms with Crippen LogP contribution in [0.15, 0.2) is 48.2 Å². The Kier molecular flexibility index (Phi) is 4.59. The van der Waals surface area contributed by atoms with Gasteiger partial charge >= 0.3 is 6.09 Å². The van der Waals surface area contributed by atoms with Crippen molar-refractivity contribution in [1.82, 2.24) is 4.90 Å². The normalized spacial score (nSPS) is 19.7. The van der Waals surface area contributed by atoms with Crippen LogP contribution in [-0.4, -0.2) is 37.2 Å². The Balaban J connectivity index is 1.37. The minimum absolute atomic E-state index is 0.0550. The first-order chi connectivity index (χ1) is 14.1. The molecule has 5 nitrogen and oxygen atoms in total. The fraction of sp³-hybridized carbons (Fsp3) is 0.318. The molecule has 0 saturated heterocycles. The van der Waals surface area contributed by atoms with Crippen molar-refractivity contribution in [2.24, 2.45) is 0 Å². The van der Waals surface area contributed by atoms with Crippen molar-refractivity contribution in [1.29, 1.82) is 0 Å². The van der Waals surface area contributed by atoms with E-state index in [9.17, 15) is 9.18 Å². The molecule has 2 aromatic carbocycles. The molecule has 29 heavy (non-hydrogen) atoms. The third-order valence-electron chi connectivity index (χ3n) is 5.72. The molecule has 1 unspecified atom stereocenters. The second-order valence-electron chi connectivity index (χ2n) is 7.39. The Labute approximate surface area is 173 Å². The molecule has 0 aliphatic carbocycles. The summed E-state index contributed by atoms with van der Waals surface area (Å²) in [7, 11) is 0. The van der Waals surface area contributed by atoms with Crippen molar-refractivity contribution in [2.45, 2.75) is 18.9 Å². The molecular weight excluding hydrogens is 395 g/mol. The number of rotatable bonds is 2. The lowest BCUT2D eigenvalue weighted by molar-refractivity contribution is 0.100. The van der Waals surface area contributed by atoms with Crippen molar-refractivity contribution in [3.05, 3.63) is 70.1 Å². The molecule has 150 valence electrons. The molecule has 3 heterocycles. The highest BCUT2D eigenvalue weighted by Crippen LogP contribution is 2.55. The molecule has 0 fully saturated rings. The lowest BCUT2D eigenvalue weighted by atomic mass is 9.95. The number of allylic oxidation sites excluding steroid dienone is 1. The number of carbonyl (C=O) groups excluding carboxylic acids is 1. The van der Waals surface area contributed by atoms with Gasteiger partial charge in [-0.2, -0.15) is 0 Å². The number of carbonyl (C=O) groups is 1. The third-order valence-corrected chi connectivity index (χ3v) is 6.11. The van der Waals surface area contributed by atoms with Gasteiger partial charge in [-0.15, -0.1) is 0 Å². The van der Waals surface area contributed by atoms with E-state index in [2.05, 4.69) is 4.90 Å². The van der Waals surface area contributed by atoms with E-state index >= 15 is 0 Å². The largest absolute Gasteiger partial charge is 0.489 e. The summed E-state index contributed by atoms with van der Waals surface area (Å²) in [4.78, 5) is 16.4. The van der Waals surface area contributed by atoms with Crippen molar-refractivity contribution in [3.8, 4) is 5.75 Å². The van der Waals surface area contributed by atoms with Gasteiger partial charge in [0.05, 0.1) is 17.3 Å². The lowest BCUT2D eigenvalue weighted by Crippen LogP contribution is -2.32. The van der Waals surface area contributed by atoms with Crippen LogP contribution in [0.2, 0.25) is 5.02 Å². The molecule has 0 spiro atoms. The molecular formula is C22H20ClFN2O3. The van der Waals surface area contributed by atoms with Crippen LogP contribution in [-0.2, 0) is 11.3 Å². The summed E-state index contributed by atoms with van der Waals surface area (Å²) in [5, 5.41) is 0.146. The standard InChI is InChI=1S/C22H20ClFN2O3/c23-20-16(24)12-18-21-19(20)15-6-8-25(9-7-17(15)26(21)10-11-28-18)22(27)29-13-14-4-2-1-3-5-14/h1-5,7,12,15H,6,8-11,13H2. The number of nitrogens with zero attached hydrogens (tertiary/aromatic N) is 2. The second-order valence-corrected chi connectivity index (χ2v) is 7.77. The zero-order valence-corrected chi connectivity index (χ0v) is 16.5. The minimum Gasteiger partial charge on any atom is -0.489 e. The highest BCUT2D eigenvalue weighted by Gasteiger charge is 2.42. The Hall–Kier alpha value is -2.73. The van der Waals surface area contributed by atoms with Crippen molar-refractivity contribution < 1.29 is 18.7 Å². The fourth-order valence-electron chi connectivity index (χ4n) is 4.37. The number of ether oxygens (including phenoxy) is 2. The summed E-state index contributed by atoms with van der Waals surface area (Å²) in [5.41, 5.74) is 3.66.